The van der Waals surface area contributed by atoms with Crippen LogP contribution in [0, 0.1) is 50.7 Å². The first-order valence-electron chi connectivity index (χ1n) is 18.6. The second-order valence-corrected chi connectivity index (χ2v) is 18.5. The Morgan fingerprint density at radius 3 is 2.15 bits per heavy atom. The Hall–Kier alpha value is -1.47. The molecule has 0 amide bonds. The molecule has 13 atom stereocenters. The molecule has 5 aliphatic carbocycles. The van der Waals surface area contributed by atoms with Crippen molar-refractivity contribution in [2.45, 2.75) is 142 Å². The van der Waals surface area contributed by atoms with Gasteiger partial charge < -0.3 is 23.7 Å². The van der Waals surface area contributed by atoms with E-state index in [9.17, 15) is 4.79 Å². The van der Waals surface area contributed by atoms with Crippen molar-refractivity contribution < 1.29 is 28.5 Å². The average molecular weight is 651 g/mol. The highest BCUT2D eigenvalue weighted by molar-refractivity contribution is 5.89. The van der Waals surface area contributed by atoms with E-state index in [-0.39, 0.29) is 68.7 Å². The highest BCUT2D eigenvalue weighted by Crippen LogP contribution is 2.91. The number of fused-ring (bicyclic) bond motifs is 2. The number of hydrogen-bond acceptors (Lipinski definition) is 6. The van der Waals surface area contributed by atoms with Crippen LogP contribution in [0.1, 0.15) is 117 Å². The third kappa shape index (κ3) is 4.20. The van der Waals surface area contributed by atoms with Crippen LogP contribution in [-0.4, -0.2) is 62.9 Å². The molecule has 2 spiro atoms. The van der Waals surface area contributed by atoms with E-state index in [2.05, 4.69) is 55.4 Å². The Balaban J connectivity index is 1.22. The van der Waals surface area contributed by atoms with E-state index in [4.69, 9.17) is 23.7 Å². The van der Waals surface area contributed by atoms with Gasteiger partial charge in [0, 0.05) is 38.6 Å². The molecular formula is C41H62O6. The van der Waals surface area contributed by atoms with Gasteiger partial charge in [-0.05, 0) is 118 Å². The number of benzene rings is 1. The highest BCUT2D eigenvalue weighted by Gasteiger charge is 2.88. The number of rotatable bonds is 7. The summed E-state index contributed by atoms with van der Waals surface area (Å²) in [6.45, 7) is 19.2. The molecule has 7 rings (SSSR count). The summed E-state index contributed by atoms with van der Waals surface area (Å²) in [4.78, 5) is 13.3. The fraction of sp³-hybridized carbons (Fsp3) is 0.829. The predicted octanol–water partition coefficient (Wildman–Crippen LogP) is 8.51. The van der Waals surface area contributed by atoms with Crippen LogP contribution in [-0.2, 0) is 23.7 Å². The molecule has 0 aromatic heterocycles. The molecule has 47 heavy (non-hydrogen) atoms. The predicted molar refractivity (Wildman–Crippen MR) is 183 cm³/mol. The van der Waals surface area contributed by atoms with E-state index in [1.807, 2.05) is 51.7 Å². The van der Waals surface area contributed by atoms with E-state index >= 15 is 0 Å². The molecule has 1 aliphatic heterocycles. The molecule has 1 aromatic carbocycles. The molecule has 1 heterocycles. The second-order valence-electron chi connectivity index (χ2n) is 18.5. The van der Waals surface area contributed by atoms with Crippen LogP contribution in [0.5, 0.6) is 0 Å². The van der Waals surface area contributed by atoms with Gasteiger partial charge in [0.05, 0.1) is 35.1 Å². The zero-order valence-corrected chi connectivity index (χ0v) is 31.1. The summed E-state index contributed by atoms with van der Waals surface area (Å²) in [5.41, 5.74) is 0.503. The average Bonchev–Trinajstić information content (AvgIpc) is 3.26. The van der Waals surface area contributed by atoms with Gasteiger partial charge in [0.15, 0.2) is 0 Å². The molecule has 0 bridgehead atoms. The Kier molecular flexibility index (Phi) is 7.79. The molecule has 262 valence electrons. The summed E-state index contributed by atoms with van der Waals surface area (Å²) >= 11 is 0. The molecule has 0 radical (unpaired) electrons. The van der Waals surface area contributed by atoms with Crippen LogP contribution in [0.3, 0.4) is 0 Å². The standard InChI is InChI=1S/C41H62O6/c1-25-40-22-21-37(6)33(39(8)19-17-31(47-39)36(4,5)45-11)28(44-10)24-38(37,7)29(40)23-27(43-9)32-35(2,3)30(18-20-41(25,32)40)46-34(42)26-15-13-12-14-16-26/h12-16,25,27-33H,17-24H2,1-11H3/t25-,27-,28-,29?,30-,31-,32-,33?,37+,38-,39+,40?,41+/m0/s1. The number of ether oxygens (including phenoxy) is 5. The SMILES string of the molecule is CO[C@H]1C[C@@]2(C)C3C[C@H](OC)[C@H]4C(C)(C)[C@@H](OC(=O)c5ccccc5)CC[C@@]45[C@@H](C)C35CC[C@]2(C)C1[C@@]1(C)CC[C@@H](C(C)(C)OC)O1. The summed E-state index contributed by atoms with van der Waals surface area (Å²) in [5.74, 6) is 1.60. The molecule has 6 fully saturated rings. The van der Waals surface area contributed by atoms with Crippen molar-refractivity contribution >= 4 is 5.97 Å². The van der Waals surface area contributed by atoms with E-state index in [0.29, 0.717) is 29.2 Å². The van der Waals surface area contributed by atoms with Crippen molar-refractivity contribution in [3.05, 3.63) is 35.9 Å². The fourth-order valence-electron chi connectivity index (χ4n) is 14.3. The maximum absolute atomic E-state index is 13.3. The minimum absolute atomic E-state index is 0.0776. The molecule has 3 unspecified atom stereocenters. The Bertz CT molecular complexity index is 1370. The molecule has 0 N–H and O–H groups in total. The van der Waals surface area contributed by atoms with Crippen LogP contribution in [0.25, 0.3) is 0 Å². The van der Waals surface area contributed by atoms with Crippen LogP contribution in [0.2, 0.25) is 0 Å². The first-order valence-corrected chi connectivity index (χ1v) is 18.6. The Morgan fingerprint density at radius 1 is 0.830 bits per heavy atom. The lowest BCUT2D eigenvalue weighted by Gasteiger charge is -2.65. The molecule has 6 aliphatic rings. The maximum Gasteiger partial charge on any atom is 0.338 e. The molecule has 1 aromatic rings. The minimum Gasteiger partial charge on any atom is -0.458 e. The van der Waals surface area contributed by atoms with Crippen molar-refractivity contribution in [1.82, 2.24) is 0 Å². The molecule has 1 saturated heterocycles. The number of carbonyl (C=O) groups is 1. The van der Waals surface area contributed by atoms with Gasteiger partial charge in [-0.25, -0.2) is 4.79 Å². The lowest BCUT2D eigenvalue weighted by Crippen LogP contribution is -2.62. The van der Waals surface area contributed by atoms with Gasteiger partial charge in [-0.15, -0.1) is 0 Å². The highest BCUT2D eigenvalue weighted by atomic mass is 16.6. The largest absolute Gasteiger partial charge is 0.458 e. The number of carbonyl (C=O) groups excluding carboxylic acids is 1. The van der Waals surface area contributed by atoms with Crippen LogP contribution < -0.4 is 0 Å². The third-order valence-corrected chi connectivity index (χ3v) is 16.8. The summed E-state index contributed by atoms with van der Waals surface area (Å²) in [7, 11) is 5.67. The van der Waals surface area contributed by atoms with Gasteiger partial charge in [0.1, 0.15) is 6.10 Å². The molecular weight excluding hydrogens is 588 g/mol. The van der Waals surface area contributed by atoms with Crippen LogP contribution >= 0.6 is 0 Å². The lowest BCUT2D eigenvalue weighted by atomic mass is 9.41. The van der Waals surface area contributed by atoms with Crippen molar-refractivity contribution in [2.75, 3.05) is 21.3 Å². The summed E-state index contributed by atoms with van der Waals surface area (Å²) in [5, 5.41) is 0. The van der Waals surface area contributed by atoms with E-state index in [1.54, 1.807) is 0 Å². The topological polar surface area (TPSA) is 63.2 Å². The maximum atomic E-state index is 13.3. The summed E-state index contributed by atoms with van der Waals surface area (Å²) < 4.78 is 32.6. The number of hydrogen-bond donors (Lipinski definition) is 0. The van der Waals surface area contributed by atoms with Crippen LogP contribution in [0.4, 0.5) is 0 Å². The van der Waals surface area contributed by atoms with E-state index in [0.717, 1.165) is 38.5 Å². The van der Waals surface area contributed by atoms with Gasteiger partial charge in [0.2, 0.25) is 0 Å². The summed E-state index contributed by atoms with van der Waals surface area (Å²) in [6, 6.07) is 9.48. The minimum atomic E-state index is -0.319. The fourth-order valence-corrected chi connectivity index (χ4v) is 14.3. The summed E-state index contributed by atoms with van der Waals surface area (Å²) in [6.07, 6.45) is 8.87. The molecule has 5 saturated carbocycles. The van der Waals surface area contributed by atoms with Gasteiger partial charge in [-0.3, -0.25) is 0 Å². The first kappa shape index (κ1) is 34.0. The van der Waals surface area contributed by atoms with E-state index in [1.165, 1.54) is 12.8 Å². The zero-order chi connectivity index (χ0) is 34.0. The van der Waals surface area contributed by atoms with E-state index < -0.39 is 0 Å². The quantitative estimate of drug-likeness (QED) is 0.276. The molecule has 6 heteroatoms. The zero-order valence-electron chi connectivity index (χ0n) is 31.1. The van der Waals surface area contributed by atoms with Crippen molar-refractivity contribution in [1.29, 1.82) is 0 Å². The number of esters is 1. The monoisotopic (exact) mass is 650 g/mol. The van der Waals surface area contributed by atoms with Crippen LogP contribution in [0.15, 0.2) is 30.3 Å². The van der Waals surface area contributed by atoms with Crippen molar-refractivity contribution in [3.8, 4) is 0 Å². The first-order chi connectivity index (χ1) is 22.0. The molecule has 6 nitrogen and oxygen atoms in total. The smallest absolute Gasteiger partial charge is 0.338 e. The lowest BCUT2D eigenvalue weighted by molar-refractivity contribution is -0.218. The van der Waals surface area contributed by atoms with Gasteiger partial charge in [-0.2, -0.15) is 0 Å². The van der Waals surface area contributed by atoms with Crippen molar-refractivity contribution in [3.63, 3.8) is 0 Å². The third-order valence-electron chi connectivity index (χ3n) is 16.8. The normalized spacial score (nSPS) is 49.8. The van der Waals surface area contributed by atoms with Gasteiger partial charge in [0.25, 0.3) is 0 Å². The second kappa shape index (κ2) is 10.8. The Labute approximate surface area is 284 Å². The Morgan fingerprint density at radius 2 is 1.51 bits per heavy atom. The van der Waals surface area contributed by atoms with Crippen molar-refractivity contribution in [2.24, 2.45) is 50.7 Å². The van der Waals surface area contributed by atoms with Gasteiger partial charge >= 0.3 is 5.97 Å². The van der Waals surface area contributed by atoms with Gasteiger partial charge in [-0.1, -0.05) is 52.8 Å². The number of methoxy groups -OCH3 is 3.